The quantitative estimate of drug-likeness (QED) is 0.424. The molecule has 68 valence electrons. The highest BCUT2D eigenvalue weighted by atomic mass is 16.2. The van der Waals surface area contributed by atoms with Crippen molar-refractivity contribution < 1.29 is 9.59 Å². The highest BCUT2D eigenvalue weighted by molar-refractivity contribution is 6.10. The van der Waals surface area contributed by atoms with Gasteiger partial charge in [-0.3, -0.25) is 14.5 Å². The molecule has 0 spiro atoms. The summed E-state index contributed by atoms with van der Waals surface area (Å²) in [7, 11) is 0. The molecule has 1 heterocycles. The van der Waals surface area contributed by atoms with Crippen LogP contribution in [0.15, 0.2) is 0 Å². The molecule has 0 aromatic heterocycles. The number of amides is 2. The van der Waals surface area contributed by atoms with Gasteiger partial charge in [0.05, 0.1) is 17.9 Å². The number of likely N-dealkylation sites (tertiary alicyclic amines) is 1. The number of hydrogen-bond donors (Lipinski definition) is 0. The predicted molar refractivity (Wildman–Crippen MR) is 43.1 cm³/mol. The summed E-state index contributed by atoms with van der Waals surface area (Å²) >= 11 is 0. The molecule has 1 saturated carbocycles. The van der Waals surface area contributed by atoms with Crippen LogP contribution in [-0.4, -0.2) is 23.3 Å². The summed E-state index contributed by atoms with van der Waals surface area (Å²) in [6.07, 6.45) is 0. The molecule has 0 aromatic carbocycles. The van der Waals surface area contributed by atoms with Crippen molar-refractivity contribution in [1.82, 2.24) is 4.90 Å². The molecule has 1 saturated heterocycles. The first-order chi connectivity index (χ1) is 6.01. The number of imide groups is 1. The Morgan fingerprint density at radius 1 is 1.38 bits per heavy atom. The zero-order valence-electron chi connectivity index (χ0n) is 7.57. The monoisotopic (exact) mass is 178 g/mol. The van der Waals surface area contributed by atoms with Crippen LogP contribution in [0.4, 0.5) is 0 Å². The Balaban J connectivity index is 2.23. The third-order valence-electron chi connectivity index (χ3n) is 3.12. The van der Waals surface area contributed by atoms with Gasteiger partial charge in [-0.25, -0.2) is 0 Å². The Morgan fingerprint density at radius 2 is 1.85 bits per heavy atom. The predicted octanol–water partition coefficient (Wildman–Crippen LogP) is 0.151. The van der Waals surface area contributed by atoms with Crippen LogP contribution in [0.5, 0.6) is 0 Å². The van der Waals surface area contributed by atoms with Gasteiger partial charge in [-0.15, -0.1) is 0 Å². The fourth-order valence-corrected chi connectivity index (χ4v) is 2.23. The van der Waals surface area contributed by atoms with Crippen LogP contribution in [0.3, 0.4) is 0 Å². The second kappa shape index (κ2) is 2.11. The van der Waals surface area contributed by atoms with Gasteiger partial charge >= 0.3 is 0 Å². The molecule has 0 N–H and O–H groups in total. The van der Waals surface area contributed by atoms with E-state index in [4.69, 9.17) is 5.26 Å². The average molecular weight is 178 g/mol. The van der Waals surface area contributed by atoms with Crippen LogP contribution in [0, 0.1) is 28.6 Å². The Morgan fingerprint density at radius 3 is 2.23 bits per heavy atom. The second-order valence-electron chi connectivity index (χ2n) is 4.20. The van der Waals surface area contributed by atoms with E-state index >= 15 is 0 Å². The molecule has 1 aliphatic carbocycles. The summed E-state index contributed by atoms with van der Waals surface area (Å²) in [5.41, 5.74) is -0.167. The number of nitriles is 1. The molecule has 1 aliphatic heterocycles. The fraction of sp³-hybridized carbons (Fsp3) is 0.667. The van der Waals surface area contributed by atoms with Crippen molar-refractivity contribution in [3.8, 4) is 6.07 Å². The molecule has 4 nitrogen and oxygen atoms in total. The van der Waals surface area contributed by atoms with Gasteiger partial charge in [0.2, 0.25) is 11.8 Å². The summed E-state index contributed by atoms with van der Waals surface area (Å²) in [5.74, 6) is -0.648. The van der Waals surface area contributed by atoms with Gasteiger partial charge in [0.25, 0.3) is 0 Å². The molecule has 13 heavy (non-hydrogen) atoms. The zero-order valence-corrected chi connectivity index (χ0v) is 7.57. The summed E-state index contributed by atoms with van der Waals surface area (Å²) in [4.78, 5) is 24.1. The smallest absolute Gasteiger partial charge is 0.234 e. The lowest BCUT2D eigenvalue weighted by Crippen LogP contribution is -2.36. The molecule has 2 aliphatic rings. The normalized spacial score (nSPS) is 34.4. The zero-order chi connectivity index (χ0) is 9.80. The van der Waals surface area contributed by atoms with Gasteiger partial charge in [-0.2, -0.15) is 5.26 Å². The number of nitrogens with zero attached hydrogens (tertiary/aromatic N) is 2. The molecular formula is C9H10N2O2. The van der Waals surface area contributed by atoms with E-state index in [1.165, 1.54) is 0 Å². The van der Waals surface area contributed by atoms with E-state index in [0.29, 0.717) is 0 Å². The maximum Gasteiger partial charge on any atom is 0.234 e. The van der Waals surface area contributed by atoms with Gasteiger partial charge in [-0.05, 0) is 5.41 Å². The molecule has 2 atom stereocenters. The average Bonchev–Trinajstić information content (AvgIpc) is 2.51. The van der Waals surface area contributed by atoms with Gasteiger partial charge in [0.1, 0.15) is 6.54 Å². The summed E-state index contributed by atoms with van der Waals surface area (Å²) < 4.78 is 0. The molecule has 0 radical (unpaired) electrons. The maximum atomic E-state index is 11.5. The van der Waals surface area contributed by atoms with Crippen LogP contribution in [0.25, 0.3) is 0 Å². The number of carbonyl (C=O) groups is 2. The molecule has 0 bridgehead atoms. The van der Waals surface area contributed by atoms with E-state index in [2.05, 4.69) is 0 Å². The highest BCUT2D eigenvalue weighted by Crippen LogP contribution is 2.63. The highest BCUT2D eigenvalue weighted by Gasteiger charge is 2.72. The van der Waals surface area contributed by atoms with Crippen LogP contribution in [0.1, 0.15) is 13.8 Å². The Labute approximate surface area is 76.1 Å². The minimum atomic E-state index is -0.167. The van der Waals surface area contributed by atoms with Crippen molar-refractivity contribution in [1.29, 1.82) is 5.26 Å². The minimum Gasteiger partial charge on any atom is -0.274 e. The van der Waals surface area contributed by atoms with Gasteiger partial charge < -0.3 is 0 Å². The lowest BCUT2D eigenvalue weighted by atomic mass is 10.1. The molecule has 2 amide bonds. The summed E-state index contributed by atoms with van der Waals surface area (Å²) in [6, 6.07) is 1.82. The van der Waals surface area contributed by atoms with E-state index in [9.17, 15) is 9.59 Å². The van der Waals surface area contributed by atoms with Crippen molar-refractivity contribution in [2.75, 3.05) is 6.54 Å². The van der Waals surface area contributed by atoms with Gasteiger partial charge in [0.15, 0.2) is 0 Å². The van der Waals surface area contributed by atoms with E-state index in [1.54, 1.807) is 0 Å². The van der Waals surface area contributed by atoms with Crippen molar-refractivity contribution in [3.05, 3.63) is 0 Å². The summed E-state index contributed by atoms with van der Waals surface area (Å²) in [5, 5.41) is 8.40. The third-order valence-corrected chi connectivity index (χ3v) is 3.12. The Hall–Kier alpha value is -1.37. The Bertz CT molecular complexity index is 316. The standard InChI is InChI=1S/C9H10N2O2/c1-9(2)5-6(9)8(13)11(4-3-10)7(5)12/h5-6H,4H2,1-2H3. The first-order valence-electron chi connectivity index (χ1n) is 4.24. The first kappa shape index (κ1) is 8.24. The fourth-order valence-electron chi connectivity index (χ4n) is 2.23. The van der Waals surface area contributed by atoms with Crippen LogP contribution >= 0.6 is 0 Å². The number of carbonyl (C=O) groups excluding carboxylic acids is 2. The van der Waals surface area contributed by atoms with E-state index in [1.807, 2.05) is 19.9 Å². The van der Waals surface area contributed by atoms with E-state index < -0.39 is 0 Å². The third kappa shape index (κ3) is 0.791. The Kier molecular flexibility index (Phi) is 1.34. The van der Waals surface area contributed by atoms with E-state index in [-0.39, 0.29) is 35.6 Å². The minimum absolute atomic E-state index is 0.0965. The molecule has 2 rings (SSSR count). The first-order valence-corrected chi connectivity index (χ1v) is 4.24. The van der Waals surface area contributed by atoms with Crippen LogP contribution in [-0.2, 0) is 9.59 Å². The van der Waals surface area contributed by atoms with Crippen molar-refractivity contribution in [2.45, 2.75) is 13.8 Å². The molecule has 2 unspecified atom stereocenters. The molecule has 2 fully saturated rings. The maximum absolute atomic E-state index is 11.5. The van der Waals surface area contributed by atoms with Gasteiger partial charge in [0, 0.05) is 0 Å². The largest absolute Gasteiger partial charge is 0.274 e. The van der Waals surface area contributed by atoms with Crippen LogP contribution < -0.4 is 0 Å². The molecule has 4 heteroatoms. The number of piperidine rings is 1. The molecular weight excluding hydrogens is 168 g/mol. The van der Waals surface area contributed by atoms with Crippen molar-refractivity contribution in [3.63, 3.8) is 0 Å². The van der Waals surface area contributed by atoms with Gasteiger partial charge in [-0.1, -0.05) is 13.8 Å². The lowest BCUT2D eigenvalue weighted by molar-refractivity contribution is -0.142. The number of rotatable bonds is 1. The SMILES string of the molecule is CC1(C)C2C(=O)N(CC#N)C(=O)C21. The molecule has 0 aromatic rings. The van der Waals surface area contributed by atoms with E-state index in [0.717, 1.165) is 4.90 Å². The second-order valence-corrected chi connectivity index (χ2v) is 4.20. The van der Waals surface area contributed by atoms with Crippen LogP contribution in [0.2, 0.25) is 0 Å². The lowest BCUT2D eigenvalue weighted by Gasteiger charge is -2.16. The van der Waals surface area contributed by atoms with Crippen molar-refractivity contribution >= 4 is 11.8 Å². The number of fused-ring (bicyclic) bond motifs is 1. The number of hydrogen-bond acceptors (Lipinski definition) is 3. The topological polar surface area (TPSA) is 61.2 Å². The summed E-state index contributed by atoms with van der Waals surface area (Å²) in [6.45, 7) is 3.74. The van der Waals surface area contributed by atoms with Crippen molar-refractivity contribution in [2.24, 2.45) is 17.3 Å².